The average Bonchev–Trinajstić information content (AvgIpc) is 3.95. The van der Waals surface area contributed by atoms with E-state index in [1.807, 2.05) is 11.3 Å². The first kappa shape index (κ1) is 40.7. The molecule has 11 aromatic carbocycles. The molecule has 0 aliphatic heterocycles. The monoisotopic (exact) mass is 895 g/mol. The fraction of sp³-hybridized carbons (Fsp3) is 0.0149. The van der Waals surface area contributed by atoms with E-state index in [1.54, 1.807) is 0 Å². The van der Waals surface area contributed by atoms with Crippen molar-refractivity contribution in [3.8, 4) is 55.6 Å². The van der Waals surface area contributed by atoms with Gasteiger partial charge in [-0.05, 0) is 115 Å². The first-order valence-electron chi connectivity index (χ1n) is 23.7. The van der Waals surface area contributed by atoms with E-state index < -0.39 is 5.41 Å². The van der Waals surface area contributed by atoms with Crippen LogP contribution in [-0.2, 0) is 5.41 Å². The van der Waals surface area contributed by atoms with Crippen LogP contribution in [0.15, 0.2) is 273 Å². The summed E-state index contributed by atoms with van der Waals surface area (Å²) in [5.74, 6) is 0. The molecule has 0 atom stereocenters. The number of nitrogens with zero attached hydrogens (tertiary/aromatic N) is 1. The van der Waals surface area contributed by atoms with E-state index in [0.29, 0.717) is 0 Å². The molecular formula is C67H45NS. The zero-order valence-electron chi connectivity index (χ0n) is 37.8. The molecule has 0 spiro atoms. The smallest absolute Gasteiger partial charge is 0.0713 e. The molecule has 0 N–H and O–H groups in total. The summed E-state index contributed by atoms with van der Waals surface area (Å²) in [4.78, 5) is 2.47. The normalized spacial score (nSPS) is 12.5. The predicted octanol–water partition coefficient (Wildman–Crippen LogP) is 18.6. The van der Waals surface area contributed by atoms with Crippen molar-refractivity contribution in [1.29, 1.82) is 0 Å². The van der Waals surface area contributed by atoms with E-state index >= 15 is 0 Å². The van der Waals surface area contributed by atoms with Gasteiger partial charge in [0, 0.05) is 37.0 Å². The lowest BCUT2D eigenvalue weighted by molar-refractivity contribution is 0.768. The molecular weight excluding hydrogens is 851 g/mol. The summed E-state index contributed by atoms with van der Waals surface area (Å²) in [5, 5.41) is 2.61. The molecule has 1 aliphatic carbocycles. The number of hydrogen-bond donors (Lipinski definition) is 0. The third kappa shape index (κ3) is 6.83. The molecule has 0 unspecified atom stereocenters. The Kier molecular flexibility index (Phi) is 10.00. The summed E-state index contributed by atoms with van der Waals surface area (Å²) in [7, 11) is 0. The number of benzene rings is 11. The van der Waals surface area contributed by atoms with Gasteiger partial charge in [0.2, 0.25) is 0 Å². The molecule has 0 radical (unpaired) electrons. The van der Waals surface area contributed by atoms with Crippen LogP contribution in [0.25, 0.3) is 75.8 Å². The summed E-state index contributed by atoms with van der Waals surface area (Å²) in [6, 6.07) is 101. The Labute approximate surface area is 407 Å². The number of thiophene rings is 1. The molecule has 1 nitrogen and oxygen atoms in total. The number of anilines is 3. The number of para-hydroxylation sites is 2. The second-order valence-electron chi connectivity index (χ2n) is 18.0. The van der Waals surface area contributed by atoms with Crippen LogP contribution in [0.1, 0.15) is 22.3 Å². The van der Waals surface area contributed by atoms with Crippen molar-refractivity contribution >= 4 is 48.6 Å². The predicted molar refractivity (Wildman–Crippen MR) is 293 cm³/mol. The van der Waals surface area contributed by atoms with Gasteiger partial charge in [0.15, 0.2) is 0 Å². The van der Waals surface area contributed by atoms with Gasteiger partial charge in [-0.15, -0.1) is 11.3 Å². The van der Waals surface area contributed by atoms with Gasteiger partial charge in [-0.2, -0.15) is 0 Å². The van der Waals surface area contributed by atoms with Crippen LogP contribution in [0, 0.1) is 0 Å². The second kappa shape index (κ2) is 16.9. The minimum Gasteiger partial charge on any atom is -0.309 e. The third-order valence-corrected chi connectivity index (χ3v) is 15.3. The van der Waals surface area contributed by atoms with Gasteiger partial charge in [0.05, 0.1) is 16.8 Å². The molecule has 0 bridgehead atoms. The van der Waals surface area contributed by atoms with Gasteiger partial charge in [-0.3, -0.25) is 0 Å². The Morgan fingerprint density at radius 3 is 1.49 bits per heavy atom. The van der Waals surface area contributed by atoms with Crippen LogP contribution in [0.3, 0.4) is 0 Å². The first-order valence-corrected chi connectivity index (χ1v) is 24.6. The van der Waals surface area contributed by atoms with Crippen molar-refractivity contribution < 1.29 is 0 Å². The highest BCUT2D eigenvalue weighted by molar-refractivity contribution is 7.25. The van der Waals surface area contributed by atoms with E-state index in [4.69, 9.17) is 0 Å². The standard InChI is InChI=1S/C67H45NS/c1-4-20-46(21-5-1)48-23-19-29-54(43-48)68(64-36-16-12-31-56(64)51-38-40-59-58-33-13-17-37-65(58)69-66(59)45-51)63-35-15-11-30-55(63)50-24-18-22-47(42-50)49-39-41-62-60(44-49)57-32-10-14-34-61(57)67(62,52-25-6-2-7-26-52)53-27-8-3-9-28-53/h1-45H. The Morgan fingerprint density at radius 1 is 0.275 bits per heavy atom. The van der Waals surface area contributed by atoms with Crippen molar-refractivity contribution in [2.45, 2.75) is 5.41 Å². The molecule has 2 heteroatoms. The molecule has 0 saturated heterocycles. The van der Waals surface area contributed by atoms with Crippen LogP contribution in [0.5, 0.6) is 0 Å². The highest BCUT2D eigenvalue weighted by Crippen LogP contribution is 2.57. The maximum absolute atomic E-state index is 2.47. The first-order chi connectivity index (χ1) is 34.2. The molecule has 324 valence electrons. The van der Waals surface area contributed by atoms with E-state index in [9.17, 15) is 0 Å². The van der Waals surface area contributed by atoms with Gasteiger partial charge >= 0.3 is 0 Å². The van der Waals surface area contributed by atoms with Gasteiger partial charge in [-0.1, -0.05) is 224 Å². The van der Waals surface area contributed by atoms with Gasteiger partial charge < -0.3 is 4.90 Å². The Balaban J connectivity index is 0.965. The molecule has 0 fully saturated rings. The number of hydrogen-bond acceptors (Lipinski definition) is 2. The Bertz CT molecular complexity index is 3810. The number of rotatable bonds is 9. The molecule has 69 heavy (non-hydrogen) atoms. The van der Waals surface area contributed by atoms with Crippen LogP contribution >= 0.6 is 11.3 Å². The summed E-state index contributed by atoms with van der Waals surface area (Å²) in [6.07, 6.45) is 0. The summed E-state index contributed by atoms with van der Waals surface area (Å²) in [6.45, 7) is 0. The van der Waals surface area contributed by atoms with Crippen LogP contribution in [0.2, 0.25) is 0 Å². The summed E-state index contributed by atoms with van der Waals surface area (Å²) in [5.41, 5.74) is 20.0. The third-order valence-electron chi connectivity index (χ3n) is 14.2. The van der Waals surface area contributed by atoms with Crippen molar-refractivity contribution in [1.82, 2.24) is 0 Å². The fourth-order valence-electron chi connectivity index (χ4n) is 11.1. The lowest BCUT2D eigenvalue weighted by atomic mass is 9.67. The molecule has 13 rings (SSSR count). The maximum atomic E-state index is 2.47. The van der Waals surface area contributed by atoms with E-state index in [0.717, 1.165) is 28.2 Å². The quantitative estimate of drug-likeness (QED) is 0.140. The van der Waals surface area contributed by atoms with E-state index in [-0.39, 0.29) is 0 Å². The molecule has 12 aromatic rings. The summed E-state index contributed by atoms with van der Waals surface area (Å²) >= 11 is 1.86. The van der Waals surface area contributed by atoms with Gasteiger partial charge in [-0.25, -0.2) is 0 Å². The summed E-state index contributed by atoms with van der Waals surface area (Å²) < 4.78 is 2.60. The van der Waals surface area contributed by atoms with Crippen molar-refractivity contribution in [2.75, 3.05) is 4.90 Å². The van der Waals surface area contributed by atoms with Crippen molar-refractivity contribution in [2.24, 2.45) is 0 Å². The van der Waals surface area contributed by atoms with Crippen molar-refractivity contribution in [3.05, 3.63) is 295 Å². The SMILES string of the molecule is c1ccc(-c2cccc(N(c3ccccc3-c3cccc(-c4ccc5c(c4)-c4ccccc4C5(c4ccccc4)c4ccccc4)c3)c3ccccc3-c3ccc4c(c3)sc3ccccc34)c2)cc1. The van der Waals surface area contributed by atoms with Crippen molar-refractivity contribution in [3.63, 3.8) is 0 Å². The molecule has 1 aliphatic rings. The molecule has 1 aromatic heterocycles. The minimum atomic E-state index is -0.436. The van der Waals surface area contributed by atoms with E-state index in [2.05, 4.69) is 278 Å². The topological polar surface area (TPSA) is 3.24 Å². The largest absolute Gasteiger partial charge is 0.309 e. The van der Waals surface area contributed by atoms with E-state index in [1.165, 1.54) is 86.9 Å². The zero-order valence-corrected chi connectivity index (χ0v) is 38.7. The highest BCUT2D eigenvalue weighted by atomic mass is 32.1. The molecule has 1 heterocycles. The average molecular weight is 896 g/mol. The minimum absolute atomic E-state index is 0.436. The highest BCUT2D eigenvalue weighted by Gasteiger charge is 2.46. The maximum Gasteiger partial charge on any atom is 0.0713 e. The Hall–Kier alpha value is -8.56. The molecule has 0 amide bonds. The lowest BCUT2D eigenvalue weighted by Gasteiger charge is -2.33. The Morgan fingerprint density at radius 2 is 0.768 bits per heavy atom. The van der Waals surface area contributed by atoms with Crippen LogP contribution in [0.4, 0.5) is 17.1 Å². The van der Waals surface area contributed by atoms with Crippen LogP contribution in [-0.4, -0.2) is 0 Å². The molecule has 0 saturated carbocycles. The zero-order chi connectivity index (χ0) is 45.7. The van der Waals surface area contributed by atoms with Gasteiger partial charge in [0.25, 0.3) is 0 Å². The second-order valence-corrected chi connectivity index (χ2v) is 19.0. The number of fused-ring (bicyclic) bond motifs is 6. The fourth-order valence-corrected chi connectivity index (χ4v) is 12.2. The van der Waals surface area contributed by atoms with Gasteiger partial charge in [0.1, 0.15) is 0 Å². The lowest BCUT2D eigenvalue weighted by Crippen LogP contribution is -2.28. The van der Waals surface area contributed by atoms with Crippen LogP contribution < -0.4 is 4.90 Å².